The summed E-state index contributed by atoms with van der Waals surface area (Å²) in [4.78, 5) is 13.7. The summed E-state index contributed by atoms with van der Waals surface area (Å²) in [6.07, 6.45) is 0.413. The van der Waals surface area contributed by atoms with Gasteiger partial charge in [-0.1, -0.05) is 91.0 Å². The molecular formula is C26H29N2NaO4S. The molecule has 0 bridgehead atoms. The fourth-order valence-electron chi connectivity index (χ4n) is 3.67. The summed E-state index contributed by atoms with van der Waals surface area (Å²) >= 11 is 0. The van der Waals surface area contributed by atoms with Gasteiger partial charge >= 0.3 is 29.6 Å². The van der Waals surface area contributed by atoms with E-state index in [0.717, 1.165) is 16.7 Å². The minimum Gasteiger partial charge on any atom is -0.548 e. The predicted molar refractivity (Wildman–Crippen MR) is 127 cm³/mol. The van der Waals surface area contributed by atoms with Crippen LogP contribution in [-0.2, 0) is 34.3 Å². The first-order valence-electron chi connectivity index (χ1n) is 11.0. The van der Waals surface area contributed by atoms with E-state index in [1.165, 1.54) is 0 Å². The van der Waals surface area contributed by atoms with Gasteiger partial charge in [0.2, 0.25) is 10.0 Å². The molecule has 0 spiro atoms. The van der Waals surface area contributed by atoms with Crippen molar-refractivity contribution in [1.82, 2.24) is 9.62 Å². The summed E-state index contributed by atoms with van der Waals surface area (Å²) in [6, 6.07) is 27.6. The van der Waals surface area contributed by atoms with Crippen molar-refractivity contribution in [3.8, 4) is 0 Å². The first kappa shape index (κ1) is 28.2. The number of hydrogen-bond acceptors (Lipinski definition) is 5. The van der Waals surface area contributed by atoms with Gasteiger partial charge in [-0.25, -0.2) is 13.1 Å². The SMILES string of the molecule is O=C([O-])C(Cc1ccccc1)NS(=O)(=O)CCCN(Cc1ccccc1)Cc1ccccc1.[Na+]. The first-order chi connectivity index (χ1) is 15.9. The Kier molecular flexibility index (Phi) is 12.0. The van der Waals surface area contributed by atoms with E-state index in [1.807, 2.05) is 66.7 Å². The molecule has 3 aromatic carbocycles. The Morgan fingerprint density at radius 1 is 0.794 bits per heavy atom. The number of rotatable bonds is 13. The van der Waals surface area contributed by atoms with Gasteiger partial charge in [-0.2, -0.15) is 0 Å². The Morgan fingerprint density at radius 3 is 1.68 bits per heavy atom. The zero-order valence-electron chi connectivity index (χ0n) is 19.5. The fourth-order valence-corrected chi connectivity index (χ4v) is 4.91. The Labute approximate surface area is 224 Å². The zero-order valence-corrected chi connectivity index (χ0v) is 22.3. The standard InChI is InChI=1S/C26H30N2O4S.Na/c29-26(30)25(19-22-11-4-1-5-12-22)27-33(31,32)18-10-17-28(20-23-13-6-2-7-14-23)21-24-15-8-3-9-16-24;/h1-9,11-16,25,27H,10,17-21H2,(H,29,30);/q;+1/p-1. The van der Waals surface area contributed by atoms with Crippen LogP contribution in [0.4, 0.5) is 0 Å². The zero-order chi connectivity index (χ0) is 23.5. The maximum absolute atomic E-state index is 12.6. The summed E-state index contributed by atoms with van der Waals surface area (Å²) in [6.45, 7) is 1.94. The maximum atomic E-state index is 12.6. The molecule has 0 saturated heterocycles. The van der Waals surface area contributed by atoms with Crippen LogP contribution in [0.1, 0.15) is 23.1 Å². The van der Waals surface area contributed by atoms with E-state index in [2.05, 4.69) is 9.62 Å². The Morgan fingerprint density at radius 2 is 1.24 bits per heavy atom. The molecule has 34 heavy (non-hydrogen) atoms. The number of nitrogens with one attached hydrogen (secondary N) is 1. The van der Waals surface area contributed by atoms with E-state index in [9.17, 15) is 18.3 Å². The molecule has 0 aromatic heterocycles. The van der Waals surface area contributed by atoms with Gasteiger partial charge < -0.3 is 9.90 Å². The largest absolute Gasteiger partial charge is 1.00 e. The Balaban J connectivity index is 0.00000408. The average Bonchev–Trinajstić information content (AvgIpc) is 2.80. The van der Waals surface area contributed by atoms with Crippen LogP contribution in [-0.4, -0.2) is 37.6 Å². The van der Waals surface area contributed by atoms with E-state index in [4.69, 9.17) is 0 Å². The topological polar surface area (TPSA) is 89.5 Å². The molecule has 174 valence electrons. The number of hydrogen-bond donors (Lipinski definition) is 1. The predicted octanol–water partition coefficient (Wildman–Crippen LogP) is -0.636. The summed E-state index contributed by atoms with van der Waals surface area (Å²) in [5.74, 6) is -1.59. The van der Waals surface area contributed by atoms with Crippen LogP contribution in [0.15, 0.2) is 91.0 Å². The molecule has 0 heterocycles. The van der Waals surface area contributed by atoms with Gasteiger partial charge in [0.05, 0.1) is 17.8 Å². The van der Waals surface area contributed by atoms with Crippen molar-refractivity contribution in [2.24, 2.45) is 0 Å². The van der Waals surface area contributed by atoms with E-state index in [-0.39, 0.29) is 41.7 Å². The normalized spacial score (nSPS) is 12.1. The molecule has 1 atom stereocenters. The van der Waals surface area contributed by atoms with Crippen LogP contribution in [0.25, 0.3) is 0 Å². The number of sulfonamides is 1. The van der Waals surface area contributed by atoms with Crippen molar-refractivity contribution in [3.63, 3.8) is 0 Å². The van der Waals surface area contributed by atoms with Crippen LogP contribution in [0.2, 0.25) is 0 Å². The minimum atomic E-state index is -3.78. The third-order valence-corrected chi connectivity index (χ3v) is 6.74. The number of nitrogens with zero attached hydrogens (tertiary/aromatic N) is 1. The Hall–Kier alpha value is -2.00. The number of carboxylic acids is 1. The number of aliphatic carboxylic acids is 1. The second-order valence-corrected chi connectivity index (χ2v) is 9.91. The van der Waals surface area contributed by atoms with Gasteiger partial charge in [-0.15, -0.1) is 0 Å². The van der Waals surface area contributed by atoms with Gasteiger partial charge in [0.1, 0.15) is 0 Å². The van der Waals surface area contributed by atoms with Crippen molar-refractivity contribution >= 4 is 16.0 Å². The van der Waals surface area contributed by atoms with Gasteiger partial charge in [0, 0.05) is 13.1 Å². The van der Waals surface area contributed by atoms with Crippen molar-refractivity contribution in [2.45, 2.75) is 32.0 Å². The van der Waals surface area contributed by atoms with Crippen LogP contribution in [0.5, 0.6) is 0 Å². The van der Waals surface area contributed by atoms with E-state index < -0.39 is 22.0 Å². The minimum absolute atomic E-state index is 0. The Bertz CT molecular complexity index is 1060. The number of carbonyl (C=O) groups excluding carboxylic acids is 1. The van der Waals surface area contributed by atoms with E-state index in [1.54, 1.807) is 24.3 Å². The number of carbonyl (C=O) groups is 1. The third-order valence-electron chi connectivity index (χ3n) is 5.27. The smallest absolute Gasteiger partial charge is 0.548 e. The molecule has 3 aromatic rings. The molecule has 0 aliphatic carbocycles. The molecule has 0 amide bonds. The molecular weight excluding hydrogens is 459 g/mol. The van der Waals surface area contributed by atoms with Crippen LogP contribution in [0.3, 0.4) is 0 Å². The summed E-state index contributed by atoms with van der Waals surface area (Å²) in [7, 11) is -3.78. The van der Waals surface area contributed by atoms with Crippen LogP contribution < -0.4 is 39.4 Å². The van der Waals surface area contributed by atoms with Gasteiger partial charge in [-0.3, -0.25) is 4.90 Å². The van der Waals surface area contributed by atoms with Crippen molar-refractivity contribution < 1.29 is 47.9 Å². The summed E-state index contributed by atoms with van der Waals surface area (Å²) in [5.41, 5.74) is 3.02. The quantitative estimate of drug-likeness (QED) is 0.324. The van der Waals surface area contributed by atoms with Gasteiger partial charge in [-0.05, 0) is 36.1 Å². The molecule has 1 N–H and O–H groups in total. The molecule has 8 heteroatoms. The van der Waals surface area contributed by atoms with Crippen molar-refractivity contribution in [3.05, 3.63) is 108 Å². The third kappa shape index (κ3) is 10.1. The van der Waals surface area contributed by atoms with Crippen molar-refractivity contribution in [2.75, 3.05) is 12.3 Å². The van der Waals surface area contributed by atoms with Crippen LogP contribution in [0, 0.1) is 0 Å². The molecule has 3 rings (SSSR count). The summed E-state index contributed by atoms with van der Waals surface area (Å²) < 4.78 is 27.5. The average molecular weight is 489 g/mol. The fraction of sp³-hybridized carbons (Fsp3) is 0.269. The monoisotopic (exact) mass is 488 g/mol. The molecule has 0 saturated carbocycles. The molecule has 0 fully saturated rings. The van der Waals surface area contributed by atoms with Crippen molar-refractivity contribution in [1.29, 1.82) is 0 Å². The van der Waals surface area contributed by atoms with Crippen LogP contribution >= 0.6 is 0 Å². The maximum Gasteiger partial charge on any atom is 1.00 e. The molecule has 6 nitrogen and oxygen atoms in total. The second kappa shape index (κ2) is 14.4. The van der Waals surface area contributed by atoms with Gasteiger partial charge in [0.25, 0.3) is 0 Å². The van der Waals surface area contributed by atoms with Gasteiger partial charge in [0.15, 0.2) is 0 Å². The molecule has 0 aliphatic rings. The molecule has 0 aliphatic heterocycles. The molecule has 0 radical (unpaired) electrons. The summed E-state index contributed by atoms with van der Waals surface area (Å²) in [5, 5.41) is 11.5. The molecule has 1 unspecified atom stereocenters. The first-order valence-corrected chi connectivity index (χ1v) is 12.6. The van der Waals surface area contributed by atoms with E-state index in [0.29, 0.717) is 26.1 Å². The number of carboxylic acid groups (broad SMARTS) is 1. The number of benzene rings is 3. The second-order valence-electron chi connectivity index (χ2n) is 8.03. The van der Waals surface area contributed by atoms with E-state index >= 15 is 0 Å².